The van der Waals surface area contributed by atoms with Gasteiger partial charge in [-0.25, -0.2) is 19.1 Å². The lowest BCUT2D eigenvalue weighted by atomic mass is 10.1. The summed E-state index contributed by atoms with van der Waals surface area (Å²) < 4.78 is 42.3. The topological polar surface area (TPSA) is 146 Å². The van der Waals surface area contributed by atoms with E-state index in [9.17, 15) is 27.9 Å². The van der Waals surface area contributed by atoms with E-state index in [1.807, 2.05) is 0 Å². The largest absolute Gasteiger partial charge is 0.416 e. The summed E-state index contributed by atoms with van der Waals surface area (Å²) in [4.78, 5) is 30.2. The molecule has 0 radical (unpaired) electrons. The van der Waals surface area contributed by atoms with Crippen molar-refractivity contribution in [3.05, 3.63) is 86.8 Å². The van der Waals surface area contributed by atoms with E-state index in [0.717, 1.165) is 9.25 Å². The van der Waals surface area contributed by atoms with Crippen LogP contribution in [0.1, 0.15) is 21.2 Å². The molecule has 0 aliphatic carbocycles. The highest BCUT2D eigenvalue weighted by atomic mass is 35.5. The molecule has 12 nitrogen and oxygen atoms in total. The minimum absolute atomic E-state index is 0.0886. The molecule has 17 heteroatoms. The molecule has 5 rings (SSSR count). The molecular formula is C24H19ClF3N9O3S. The first-order chi connectivity index (χ1) is 19.5. The fourth-order valence-corrected chi connectivity index (χ4v) is 4.51. The summed E-state index contributed by atoms with van der Waals surface area (Å²) in [6, 6.07) is 12.5. The van der Waals surface area contributed by atoms with Crippen LogP contribution in [-0.4, -0.2) is 62.6 Å². The van der Waals surface area contributed by atoms with Crippen LogP contribution in [0.15, 0.2) is 59.7 Å². The number of hydrogen-bond donors (Lipinski definition) is 2. The zero-order chi connectivity index (χ0) is 29.3. The number of carbonyl (C=O) groups is 1. The van der Waals surface area contributed by atoms with Crippen molar-refractivity contribution in [2.24, 2.45) is 0 Å². The molecule has 212 valence electrons. The van der Waals surface area contributed by atoms with Crippen LogP contribution in [0.5, 0.6) is 0 Å². The molecule has 0 saturated carbocycles. The molecular weight excluding hydrogens is 587 g/mol. The zero-order valence-corrected chi connectivity index (χ0v) is 22.5. The maximum Gasteiger partial charge on any atom is 0.416 e. The van der Waals surface area contributed by atoms with Crippen molar-refractivity contribution >= 4 is 34.0 Å². The van der Waals surface area contributed by atoms with Crippen LogP contribution >= 0.6 is 22.9 Å². The van der Waals surface area contributed by atoms with E-state index < -0.39 is 30.4 Å². The number of hydrogen-bond acceptors (Lipinski definition) is 9. The van der Waals surface area contributed by atoms with Crippen molar-refractivity contribution in [3.8, 4) is 17.1 Å². The molecule has 1 unspecified atom stereocenters. The van der Waals surface area contributed by atoms with Crippen LogP contribution < -0.4 is 11.0 Å². The Morgan fingerprint density at radius 2 is 1.85 bits per heavy atom. The van der Waals surface area contributed by atoms with Gasteiger partial charge < -0.3 is 5.11 Å². The fraction of sp³-hybridized carbons (Fsp3) is 0.208. The predicted octanol–water partition coefficient (Wildman–Crippen LogP) is 3.33. The van der Waals surface area contributed by atoms with Gasteiger partial charge in [-0.3, -0.25) is 14.7 Å². The first-order valence-electron chi connectivity index (χ1n) is 11.8. The molecule has 3 aromatic heterocycles. The SMILES string of the molecule is Cc1nnc(NC(=O)c2ccccc2-n2cnc(Cn3nc(-c4ccc(Cl)cc4)n(CC(O)C(F)(F)F)c3=O)n2)s1. The number of benzene rings is 2. The summed E-state index contributed by atoms with van der Waals surface area (Å²) >= 11 is 7.13. The van der Waals surface area contributed by atoms with Gasteiger partial charge in [0.2, 0.25) is 5.13 Å². The molecule has 41 heavy (non-hydrogen) atoms. The molecule has 5 aromatic rings. The molecule has 1 amide bonds. The van der Waals surface area contributed by atoms with E-state index in [4.69, 9.17) is 11.6 Å². The van der Waals surface area contributed by atoms with E-state index in [-0.39, 0.29) is 23.8 Å². The Bertz CT molecular complexity index is 1760. The molecule has 0 saturated heterocycles. The maximum atomic E-state index is 13.1. The molecule has 0 aliphatic rings. The summed E-state index contributed by atoms with van der Waals surface area (Å²) in [6.07, 6.45) is -6.42. The third-order valence-electron chi connectivity index (χ3n) is 5.73. The van der Waals surface area contributed by atoms with Gasteiger partial charge in [0, 0.05) is 10.6 Å². The minimum Gasteiger partial charge on any atom is -0.382 e. The van der Waals surface area contributed by atoms with E-state index >= 15 is 0 Å². The number of para-hydroxylation sites is 1. The quantitative estimate of drug-likeness (QED) is 0.274. The molecule has 2 N–H and O–H groups in total. The normalized spacial score (nSPS) is 12.4. The number of alkyl halides is 3. The van der Waals surface area contributed by atoms with E-state index in [1.165, 1.54) is 46.6 Å². The van der Waals surface area contributed by atoms with Gasteiger partial charge in [-0.1, -0.05) is 35.1 Å². The van der Waals surface area contributed by atoms with Crippen LogP contribution in [0.3, 0.4) is 0 Å². The summed E-state index contributed by atoms with van der Waals surface area (Å²) in [7, 11) is 0. The van der Waals surface area contributed by atoms with Crippen molar-refractivity contribution in [2.45, 2.75) is 32.3 Å². The van der Waals surface area contributed by atoms with Crippen molar-refractivity contribution in [2.75, 3.05) is 5.32 Å². The van der Waals surface area contributed by atoms with Crippen LogP contribution in [0, 0.1) is 6.92 Å². The summed E-state index contributed by atoms with van der Waals surface area (Å²) in [6.45, 7) is 0.377. The lowest BCUT2D eigenvalue weighted by molar-refractivity contribution is -0.207. The van der Waals surface area contributed by atoms with Gasteiger partial charge in [-0.05, 0) is 43.3 Å². The van der Waals surface area contributed by atoms with Gasteiger partial charge >= 0.3 is 11.9 Å². The second-order valence-electron chi connectivity index (χ2n) is 8.64. The second kappa shape index (κ2) is 11.2. The molecule has 2 aromatic carbocycles. The Hall–Kier alpha value is -4.41. The highest BCUT2D eigenvalue weighted by molar-refractivity contribution is 7.15. The number of nitrogens with zero attached hydrogens (tertiary/aromatic N) is 8. The lowest BCUT2D eigenvalue weighted by Gasteiger charge is -2.15. The third kappa shape index (κ3) is 6.18. The van der Waals surface area contributed by atoms with Gasteiger partial charge in [0.05, 0.1) is 17.8 Å². The lowest BCUT2D eigenvalue weighted by Crippen LogP contribution is -2.37. The maximum absolute atomic E-state index is 13.1. The highest BCUT2D eigenvalue weighted by Gasteiger charge is 2.39. The highest BCUT2D eigenvalue weighted by Crippen LogP contribution is 2.24. The van der Waals surface area contributed by atoms with Crippen LogP contribution in [-0.2, 0) is 13.1 Å². The summed E-state index contributed by atoms with van der Waals surface area (Å²) in [5.74, 6) is -0.478. The van der Waals surface area contributed by atoms with Crippen molar-refractivity contribution < 1.29 is 23.1 Å². The molecule has 0 fully saturated rings. The number of aliphatic hydroxyl groups is 1. The zero-order valence-electron chi connectivity index (χ0n) is 20.9. The average molecular weight is 606 g/mol. The first kappa shape index (κ1) is 28.1. The number of halogens is 4. The molecule has 0 bridgehead atoms. The van der Waals surface area contributed by atoms with Crippen molar-refractivity contribution in [1.82, 2.24) is 39.3 Å². The van der Waals surface area contributed by atoms with Crippen LogP contribution in [0.2, 0.25) is 5.02 Å². The molecule has 0 aliphatic heterocycles. The van der Waals surface area contributed by atoms with Gasteiger partial charge in [0.15, 0.2) is 17.8 Å². The Balaban J connectivity index is 1.44. The molecule has 0 spiro atoms. The smallest absolute Gasteiger partial charge is 0.382 e. The number of amides is 1. The van der Waals surface area contributed by atoms with Crippen molar-refractivity contribution in [1.29, 1.82) is 0 Å². The number of aryl methyl sites for hydroxylation is 1. The first-order valence-corrected chi connectivity index (χ1v) is 13.0. The van der Waals surface area contributed by atoms with E-state index in [0.29, 0.717) is 26.4 Å². The predicted molar refractivity (Wildman–Crippen MR) is 142 cm³/mol. The summed E-state index contributed by atoms with van der Waals surface area (Å²) in [5, 5.41) is 30.0. The summed E-state index contributed by atoms with van der Waals surface area (Å²) in [5.41, 5.74) is 0.0211. The van der Waals surface area contributed by atoms with Gasteiger partial charge in [-0.2, -0.15) is 13.2 Å². The van der Waals surface area contributed by atoms with Crippen molar-refractivity contribution in [3.63, 3.8) is 0 Å². The van der Waals surface area contributed by atoms with Crippen LogP contribution in [0.4, 0.5) is 18.3 Å². The molecule has 3 heterocycles. The standard InChI is InChI=1S/C24H19ClF3N9O3S/c1-13-31-32-22(41-13)30-21(39)16-4-2-3-5-17(16)37-12-29-19(33-37)11-36-23(40)35(10-18(38)24(26,27)28)20(34-36)14-6-8-15(25)9-7-14/h2-9,12,18,38H,10-11H2,1H3,(H,30,32,39). The fourth-order valence-electron chi connectivity index (χ4n) is 3.79. The number of aromatic nitrogens is 8. The third-order valence-corrected chi connectivity index (χ3v) is 6.74. The minimum atomic E-state index is -4.95. The van der Waals surface area contributed by atoms with Crippen LogP contribution in [0.25, 0.3) is 17.1 Å². The Morgan fingerprint density at radius 3 is 2.54 bits per heavy atom. The number of rotatable bonds is 8. The van der Waals surface area contributed by atoms with Gasteiger partial charge in [0.25, 0.3) is 5.91 Å². The van der Waals surface area contributed by atoms with Gasteiger partial charge in [0.1, 0.15) is 17.9 Å². The monoisotopic (exact) mass is 605 g/mol. The number of aliphatic hydroxyl groups excluding tert-OH is 1. The Morgan fingerprint density at radius 1 is 1.12 bits per heavy atom. The van der Waals surface area contributed by atoms with Gasteiger partial charge in [-0.15, -0.1) is 20.4 Å². The second-order valence-corrected chi connectivity index (χ2v) is 10.3. The number of carbonyl (C=O) groups excluding carboxylic acids is 1. The Kier molecular flexibility index (Phi) is 7.70. The number of anilines is 1. The average Bonchev–Trinajstić information content (AvgIpc) is 3.64. The van der Waals surface area contributed by atoms with E-state index in [1.54, 1.807) is 31.2 Å². The molecule has 1 atom stereocenters. The Labute approximate surface area is 237 Å². The number of nitrogens with one attached hydrogen (secondary N) is 1. The van der Waals surface area contributed by atoms with E-state index in [2.05, 4.69) is 30.7 Å².